The molecule has 1 rings (SSSR count). The Morgan fingerprint density at radius 1 is 1.56 bits per heavy atom. The van der Waals surface area contributed by atoms with Crippen molar-refractivity contribution >= 4 is 5.84 Å². The first-order valence-electron chi connectivity index (χ1n) is 6.39. The fourth-order valence-corrected chi connectivity index (χ4v) is 2.51. The molecule has 1 heterocycles. The van der Waals surface area contributed by atoms with E-state index in [-0.39, 0.29) is 0 Å². The lowest BCUT2D eigenvalue weighted by Gasteiger charge is -2.27. The summed E-state index contributed by atoms with van der Waals surface area (Å²) in [7, 11) is 2.17. The molecule has 0 aromatic carbocycles. The largest absolute Gasteiger partial charge is 0.388 e. The molecule has 0 radical (unpaired) electrons. The lowest BCUT2D eigenvalue weighted by atomic mass is 10.2. The van der Waals surface area contributed by atoms with E-state index in [0.717, 1.165) is 32.0 Å². The molecule has 0 spiro atoms. The molecule has 1 saturated heterocycles. The molecule has 4 nitrogen and oxygen atoms in total. The molecular weight excluding hydrogens is 200 g/mol. The molecule has 1 atom stereocenters. The van der Waals surface area contributed by atoms with Crippen molar-refractivity contribution < 1.29 is 0 Å². The first-order chi connectivity index (χ1) is 7.63. The molecular formula is C12H26N4. The molecule has 94 valence electrons. The van der Waals surface area contributed by atoms with Gasteiger partial charge < -0.3 is 10.6 Å². The van der Waals surface area contributed by atoms with Gasteiger partial charge in [0.15, 0.2) is 0 Å². The van der Waals surface area contributed by atoms with Crippen molar-refractivity contribution in [2.75, 3.05) is 33.2 Å². The maximum Gasteiger partial charge on any atom is 0.0905 e. The van der Waals surface area contributed by atoms with E-state index in [4.69, 9.17) is 11.1 Å². The summed E-state index contributed by atoms with van der Waals surface area (Å²) in [6.45, 7) is 6.89. The third-order valence-corrected chi connectivity index (χ3v) is 3.41. The monoisotopic (exact) mass is 226 g/mol. The van der Waals surface area contributed by atoms with E-state index < -0.39 is 0 Å². The summed E-state index contributed by atoms with van der Waals surface area (Å²) < 4.78 is 0. The van der Waals surface area contributed by atoms with Gasteiger partial charge in [-0.05, 0) is 45.9 Å². The minimum atomic E-state index is 0.310. The van der Waals surface area contributed by atoms with E-state index in [1.807, 2.05) is 0 Å². The van der Waals surface area contributed by atoms with Gasteiger partial charge in [-0.15, -0.1) is 0 Å². The SMILES string of the molecule is CCN1CCCC1CN(C)CCCC(=N)N. The average Bonchev–Trinajstić information content (AvgIpc) is 2.64. The molecule has 1 aliphatic rings. The molecule has 0 aromatic rings. The van der Waals surface area contributed by atoms with Crippen LogP contribution in [0.4, 0.5) is 0 Å². The minimum absolute atomic E-state index is 0.310. The van der Waals surface area contributed by atoms with E-state index in [2.05, 4.69) is 23.8 Å². The van der Waals surface area contributed by atoms with Gasteiger partial charge in [0, 0.05) is 19.0 Å². The molecule has 16 heavy (non-hydrogen) atoms. The van der Waals surface area contributed by atoms with Gasteiger partial charge in [-0.1, -0.05) is 6.92 Å². The fraction of sp³-hybridized carbons (Fsp3) is 0.917. The van der Waals surface area contributed by atoms with Crippen molar-refractivity contribution in [2.45, 2.75) is 38.6 Å². The van der Waals surface area contributed by atoms with Crippen LogP contribution in [-0.2, 0) is 0 Å². The molecule has 0 aliphatic carbocycles. The Balaban J connectivity index is 2.17. The lowest BCUT2D eigenvalue weighted by Crippen LogP contribution is -2.39. The molecule has 0 aromatic heterocycles. The first kappa shape index (κ1) is 13.5. The standard InChI is InChI=1S/C12H26N4/c1-3-16-9-4-6-11(16)10-15(2)8-5-7-12(13)14/h11H,3-10H2,1-2H3,(H3,13,14). The van der Waals surface area contributed by atoms with Gasteiger partial charge in [-0.2, -0.15) is 0 Å². The molecule has 1 fully saturated rings. The summed E-state index contributed by atoms with van der Waals surface area (Å²) >= 11 is 0. The summed E-state index contributed by atoms with van der Waals surface area (Å²) in [5.41, 5.74) is 5.34. The Labute approximate surface area is 99.3 Å². The van der Waals surface area contributed by atoms with Crippen LogP contribution in [0.3, 0.4) is 0 Å². The van der Waals surface area contributed by atoms with Crippen LogP contribution in [0, 0.1) is 5.41 Å². The van der Waals surface area contributed by atoms with Gasteiger partial charge in [-0.3, -0.25) is 10.3 Å². The quantitative estimate of drug-likeness (QED) is 0.505. The van der Waals surface area contributed by atoms with Crippen molar-refractivity contribution in [2.24, 2.45) is 5.73 Å². The Morgan fingerprint density at radius 2 is 2.31 bits per heavy atom. The number of nitrogens with one attached hydrogen (secondary N) is 1. The Bertz CT molecular complexity index is 217. The Hall–Kier alpha value is -0.610. The van der Waals surface area contributed by atoms with Crippen LogP contribution in [0.25, 0.3) is 0 Å². The summed E-state index contributed by atoms with van der Waals surface area (Å²) in [4.78, 5) is 4.95. The predicted molar refractivity (Wildman–Crippen MR) is 68.9 cm³/mol. The Kier molecular flexibility index (Phi) is 5.77. The summed E-state index contributed by atoms with van der Waals surface area (Å²) in [6, 6.07) is 0.743. The fourth-order valence-electron chi connectivity index (χ4n) is 2.51. The summed E-state index contributed by atoms with van der Waals surface area (Å²) in [5, 5.41) is 7.18. The zero-order chi connectivity index (χ0) is 12.0. The normalized spacial score (nSPS) is 21.8. The number of nitrogens with zero attached hydrogens (tertiary/aromatic N) is 2. The van der Waals surface area contributed by atoms with Gasteiger partial charge in [0.05, 0.1) is 5.84 Å². The van der Waals surface area contributed by atoms with Gasteiger partial charge in [0.25, 0.3) is 0 Å². The van der Waals surface area contributed by atoms with Gasteiger partial charge in [-0.25, -0.2) is 0 Å². The molecule has 1 unspecified atom stereocenters. The number of hydrogen-bond acceptors (Lipinski definition) is 3. The second-order valence-corrected chi connectivity index (χ2v) is 4.82. The number of likely N-dealkylation sites (tertiary alicyclic amines) is 1. The number of likely N-dealkylation sites (N-methyl/N-ethyl adjacent to an activating group) is 2. The van der Waals surface area contributed by atoms with E-state index in [1.165, 1.54) is 25.9 Å². The number of nitrogens with two attached hydrogens (primary N) is 1. The van der Waals surface area contributed by atoms with Crippen LogP contribution in [0.15, 0.2) is 0 Å². The molecule has 4 heteroatoms. The van der Waals surface area contributed by atoms with E-state index in [9.17, 15) is 0 Å². The third kappa shape index (κ3) is 4.49. The lowest BCUT2D eigenvalue weighted by molar-refractivity contribution is 0.198. The maximum absolute atomic E-state index is 7.18. The minimum Gasteiger partial charge on any atom is -0.388 e. The van der Waals surface area contributed by atoms with Crippen LogP contribution in [-0.4, -0.2) is 54.9 Å². The molecule has 0 amide bonds. The highest BCUT2D eigenvalue weighted by Gasteiger charge is 2.23. The smallest absolute Gasteiger partial charge is 0.0905 e. The molecule has 0 saturated carbocycles. The van der Waals surface area contributed by atoms with Crippen LogP contribution in [0.5, 0.6) is 0 Å². The second-order valence-electron chi connectivity index (χ2n) is 4.82. The highest BCUT2D eigenvalue weighted by molar-refractivity contribution is 5.76. The van der Waals surface area contributed by atoms with Crippen LogP contribution in [0.1, 0.15) is 32.6 Å². The predicted octanol–water partition coefficient (Wildman–Crippen LogP) is 1.12. The highest BCUT2D eigenvalue weighted by Crippen LogP contribution is 2.17. The number of amidine groups is 1. The first-order valence-corrected chi connectivity index (χ1v) is 6.39. The van der Waals surface area contributed by atoms with E-state index in [1.54, 1.807) is 0 Å². The second kappa shape index (κ2) is 6.86. The van der Waals surface area contributed by atoms with E-state index >= 15 is 0 Å². The van der Waals surface area contributed by atoms with Gasteiger partial charge >= 0.3 is 0 Å². The molecule has 1 aliphatic heterocycles. The van der Waals surface area contributed by atoms with Crippen molar-refractivity contribution in [1.82, 2.24) is 9.80 Å². The highest BCUT2D eigenvalue weighted by atomic mass is 15.2. The topological polar surface area (TPSA) is 56.4 Å². The molecule has 3 N–H and O–H groups in total. The zero-order valence-corrected chi connectivity index (χ0v) is 10.7. The maximum atomic E-state index is 7.18. The van der Waals surface area contributed by atoms with Crippen LogP contribution < -0.4 is 5.73 Å². The number of hydrogen-bond donors (Lipinski definition) is 2. The summed E-state index contributed by atoms with van der Waals surface area (Å²) in [6.07, 6.45) is 4.42. The van der Waals surface area contributed by atoms with Crippen LogP contribution in [0.2, 0.25) is 0 Å². The van der Waals surface area contributed by atoms with Gasteiger partial charge in [0.1, 0.15) is 0 Å². The van der Waals surface area contributed by atoms with Crippen molar-refractivity contribution in [3.63, 3.8) is 0 Å². The van der Waals surface area contributed by atoms with Crippen molar-refractivity contribution in [1.29, 1.82) is 5.41 Å². The van der Waals surface area contributed by atoms with E-state index in [0.29, 0.717) is 5.84 Å². The third-order valence-electron chi connectivity index (χ3n) is 3.41. The zero-order valence-electron chi connectivity index (χ0n) is 10.7. The van der Waals surface area contributed by atoms with Crippen molar-refractivity contribution in [3.05, 3.63) is 0 Å². The van der Waals surface area contributed by atoms with Gasteiger partial charge in [0.2, 0.25) is 0 Å². The summed E-state index contributed by atoms with van der Waals surface area (Å²) in [5.74, 6) is 0.310. The average molecular weight is 226 g/mol. The van der Waals surface area contributed by atoms with Crippen molar-refractivity contribution in [3.8, 4) is 0 Å². The Morgan fingerprint density at radius 3 is 2.94 bits per heavy atom. The number of rotatable bonds is 7. The van der Waals surface area contributed by atoms with Crippen LogP contribution >= 0.6 is 0 Å². The molecule has 0 bridgehead atoms.